The van der Waals surface area contributed by atoms with Crippen molar-refractivity contribution in [1.29, 1.82) is 0 Å². The van der Waals surface area contributed by atoms with Gasteiger partial charge in [-0.1, -0.05) is 34.1 Å². The van der Waals surface area contributed by atoms with Gasteiger partial charge >= 0.3 is 0 Å². The molecule has 2 nitrogen and oxygen atoms in total. The summed E-state index contributed by atoms with van der Waals surface area (Å²) in [4.78, 5) is 2.81. The van der Waals surface area contributed by atoms with Crippen molar-refractivity contribution >= 4 is 23.5 Å². The third kappa shape index (κ3) is 4.56. The average Bonchev–Trinajstić information content (AvgIpc) is 2.47. The highest BCUT2D eigenvalue weighted by Gasteiger charge is 2.33. The van der Waals surface area contributed by atoms with Crippen LogP contribution in [0.4, 0.5) is 0 Å². The van der Waals surface area contributed by atoms with E-state index >= 15 is 0 Å². The highest BCUT2D eigenvalue weighted by Crippen LogP contribution is 2.27. The number of thioether (sulfide) groups is 2. The van der Waals surface area contributed by atoms with E-state index in [9.17, 15) is 0 Å². The Morgan fingerprint density at radius 3 is 2.65 bits per heavy atom. The van der Waals surface area contributed by atoms with Crippen LogP contribution >= 0.6 is 23.5 Å². The lowest BCUT2D eigenvalue weighted by molar-refractivity contribution is 0.0837. The molecular weight excluding hydrogens is 284 g/mol. The smallest absolute Gasteiger partial charge is 0.0265 e. The summed E-state index contributed by atoms with van der Waals surface area (Å²) in [5, 5.41) is 4.67. The summed E-state index contributed by atoms with van der Waals surface area (Å²) in [6.45, 7) is 13.2. The summed E-state index contributed by atoms with van der Waals surface area (Å²) < 4.78 is 0. The summed E-state index contributed by atoms with van der Waals surface area (Å²) in [5.74, 6) is 5.60. The molecule has 0 saturated carbocycles. The van der Waals surface area contributed by atoms with Gasteiger partial charge in [-0.05, 0) is 11.8 Å². The highest BCUT2D eigenvalue weighted by atomic mass is 32.2. The monoisotopic (exact) mass is 316 g/mol. The Morgan fingerprint density at radius 2 is 2.05 bits per heavy atom. The second kappa shape index (κ2) is 8.30. The van der Waals surface area contributed by atoms with Gasteiger partial charge in [0.15, 0.2) is 0 Å². The molecule has 0 aromatic carbocycles. The normalized spacial score (nSPS) is 34.4. The van der Waals surface area contributed by atoms with Crippen LogP contribution in [-0.4, -0.2) is 59.1 Å². The van der Waals surface area contributed by atoms with E-state index in [1.54, 1.807) is 0 Å². The molecule has 4 heteroatoms. The van der Waals surface area contributed by atoms with Crippen LogP contribution in [0.5, 0.6) is 0 Å². The van der Waals surface area contributed by atoms with Crippen LogP contribution in [0.15, 0.2) is 0 Å². The van der Waals surface area contributed by atoms with Crippen LogP contribution in [0.2, 0.25) is 0 Å². The molecule has 2 saturated heterocycles. The summed E-state index contributed by atoms with van der Waals surface area (Å²) in [5.41, 5.74) is 0. The van der Waals surface area contributed by atoms with Crippen molar-refractivity contribution in [1.82, 2.24) is 10.2 Å². The third-order valence-electron chi connectivity index (χ3n) is 4.91. The first-order chi connectivity index (χ1) is 9.61. The van der Waals surface area contributed by atoms with Crippen LogP contribution in [0.25, 0.3) is 0 Å². The van der Waals surface area contributed by atoms with Gasteiger partial charge in [0.25, 0.3) is 0 Å². The van der Waals surface area contributed by atoms with E-state index in [4.69, 9.17) is 0 Å². The maximum Gasteiger partial charge on any atom is 0.0265 e. The minimum atomic E-state index is 0.691. The number of rotatable bonds is 5. The number of hydrogen-bond acceptors (Lipinski definition) is 4. The molecule has 0 aromatic heterocycles. The van der Waals surface area contributed by atoms with Crippen LogP contribution in [-0.2, 0) is 0 Å². The molecule has 0 aromatic rings. The number of piperazine rings is 1. The van der Waals surface area contributed by atoms with Gasteiger partial charge in [0.05, 0.1) is 0 Å². The topological polar surface area (TPSA) is 15.3 Å². The first-order valence-corrected chi connectivity index (χ1v) is 10.5. The standard InChI is InChI=1S/C16H32N2S2/c1-5-13(4)15-10-18(16(8-17-15)12(2)3)9-14-11-19-6-7-20-14/h12-17H,5-11H2,1-4H3. The van der Waals surface area contributed by atoms with E-state index in [-0.39, 0.29) is 0 Å². The van der Waals surface area contributed by atoms with Gasteiger partial charge in [0.1, 0.15) is 0 Å². The van der Waals surface area contributed by atoms with Crippen molar-refractivity contribution in [2.24, 2.45) is 11.8 Å². The van der Waals surface area contributed by atoms with E-state index in [1.807, 2.05) is 0 Å². The largest absolute Gasteiger partial charge is 0.311 e. The molecule has 4 unspecified atom stereocenters. The van der Waals surface area contributed by atoms with Crippen molar-refractivity contribution in [2.45, 2.75) is 51.4 Å². The van der Waals surface area contributed by atoms with Crippen molar-refractivity contribution in [3.05, 3.63) is 0 Å². The molecule has 20 heavy (non-hydrogen) atoms. The van der Waals surface area contributed by atoms with E-state index < -0.39 is 0 Å². The molecule has 4 atom stereocenters. The Bertz CT molecular complexity index is 278. The van der Waals surface area contributed by atoms with Crippen LogP contribution in [0.3, 0.4) is 0 Å². The van der Waals surface area contributed by atoms with Crippen molar-refractivity contribution < 1.29 is 0 Å². The first-order valence-electron chi connectivity index (χ1n) is 8.28. The predicted molar refractivity (Wildman–Crippen MR) is 95.0 cm³/mol. The fourth-order valence-electron chi connectivity index (χ4n) is 3.29. The molecule has 2 aliphatic rings. The van der Waals surface area contributed by atoms with E-state index in [0.29, 0.717) is 6.04 Å². The zero-order valence-electron chi connectivity index (χ0n) is 13.6. The maximum absolute atomic E-state index is 3.81. The summed E-state index contributed by atoms with van der Waals surface area (Å²) in [6.07, 6.45) is 1.28. The zero-order chi connectivity index (χ0) is 14.5. The Balaban J connectivity index is 1.94. The molecule has 2 rings (SSSR count). The molecule has 2 fully saturated rings. The number of hydrogen-bond donors (Lipinski definition) is 1. The molecule has 0 spiro atoms. The van der Waals surface area contributed by atoms with Crippen molar-refractivity contribution in [2.75, 3.05) is 36.9 Å². The summed E-state index contributed by atoms with van der Waals surface area (Å²) in [6, 6.07) is 1.42. The molecule has 0 aliphatic carbocycles. The van der Waals surface area contributed by atoms with Gasteiger partial charge in [0, 0.05) is 54.2 Å². The van der Waals surface area contributed by atoms with E-state index in [0.717, 1.165) is 23.1 Å². The Morgan fingerprint density at radius 1 is 1.25 bits per heavy atom. The lowest BCUT2D eigenvalue weighted by Gasteiger charge is -2.45. The second-order valence-electron chi connectivity index (χ2n) is 6.73. The fraction of sp³-hybridized carbons (Fsp3) is 1.00. The Labute approximate surface area is 134 Å². The van der Waals surface area contributed by atoms with Crippen molar-refractivity contribution in [3.63, 3.8) is 0 Å². The third-order valence-corrected chi connectivity index (χ3v) is 7.74. The highest BCUT2D eigenvalue weighted by molar-refractivity contribution is 8.06. The first kappa shape index (κ1) is 17.0. The van der Waals surface area contributed by atoms with Gasteiger partial charge in [-0.25, -0.2) is 0 Å². The quantitative estimate of drug-likeness (QED) is 0.837. The van der Waals surface area contributed by atoms with E-state index in [2.05, 4.69) is 61.4 Å². The summed E-state index contributed by atoms with van der Waals surface area (Å²) >= 11 is 4.35. The molecule has 2 heterocycles. The van der Waals surface area contributed by atoms with Crippen molar-refractivity contribution in [3.8, 4) is 0 Å². The van der Waals surface area contributed by atoms with Gasteiger partial charge in [-0.3, -0.25) is 4.90 Å². The van der Waals surface area contributed by atoms with Crippen LogP contribution < -0.4 is 5.32 Å². The Hall–Kier alpha value is 0.620. The Kier molecular flexibility index (Phi) is 7.05. The summed E-state index contributed by atoms with van der Waals surface area (Å²) in [7, 11) is 0. The SMILES string of the molecule is CCC(C)C1CN(CC2CSCCS2)C(C(C)C)CN1. The molecular formula is C16H32N2S2. The average molecular weight is 317 g/mol. The van der Waals surface area contributed by atoms with Gasteiger partial charge in [-0.15, -0.1) is 0 Å². The fourth-order valence-corrected chi connectivity index (χ4v) is 5.99. The molecule has 0 bridgehead atoms. The van der Waals surface area contributed by atoms with Crippen LogP contribution in [0.1, 0.15) is 34.1 Å². The maximum atomic E-state index is 3.81. The molecule has 1 N–H and O–H groups in total. The predicted octanol–water partition coefficient (Wildman–Crippen LogP) is 3.18. The lowest BCUT2D eigenvalue weighted by Crippen LogP contribution is -2.61. The molecule has 0 radical (unpaired) electrons. The lowest BCUT2D eigenvalue weighted by atomic mass is 9.92. The van der Waals surface area contributed by atoms with Gasteiger partial charge in [-0.2, -0.15) is 23.5 Å². The van der Waals surface area contributed by atoms with E-state index in [1.165, 1.54) is 43.3 Å². The molecule has 118 valence electrons. The zero-order valence-corrected chi connectivity index (χ0v) is 15.2. The number of nitrogens with zero attached hydrogens (tertiary/aromatic N) is 1. The minimum Gasteiger partial charge on any atom is -0.311 e. The van der Waals surface area contributed by atoms with Gasteiger partial charge in [0.2, 0.25) is 0 Å². The minimum absolute atomic E-state index is 0.691. The number of nitrogens with one attached hydrogen (secondary N) is 1. The van der Waals surface area contributed by atoms with Crippen LogP contribution in [0, 0.1) is 11.8 Å². The molecule has 0 amide bonds. The second-order valence-corrected chi connectivity index (χ2v) is 9.29. The van der Waals surface area contributed by atoms with Gasteiger partial charge < -0.3 is 5.32 Å². The molecule has 2 aliphatic heterocycles.